The molecule has 0 spiro atoms. The maximum atomic E-state index is 12.0. The van der Waals surface area contributed by atoms with Gasteiger partial charge in [-0.05, 0) is 33.1 Å². The summed E-state index contributed by atoms with van der Waals surface area (Å²) in [6.45, 7) is 5.08. The second-order valence-electron chi connectivity index (χ2n) is 4.74. The molecule has 0 bridgehead atoms. The standard InChI is InChI=1S/C13H18N2O4/c1-4-10-11(7(2)19-15-10)13(17)18-8(3)12(16)14-9-5-6-9/h8-9H,4-6H2,1-3H3,(H,14,16). The lowest BCUT2D eigenvalue weighted by atomic mass is 10.1. The third-order valence-electron chi connectivity index (χ3n) is 3.05. The summed E-state index contributed by atoms with van der Waals surface area (Å²) < 4.78 is 10.1. The lowest BCUT2D eigenvalue weighted by molar-refractivity contribution is -0.129. The van der Waals surface area contributed by atoms with Crippen molar-refractivity contribution in [3.05, 3.63) is 17.0 Å². The Bertz CT molecular complexity index is 491. The van der Waals surface area contributed by atoms with E-state index in [1.54, 1.807) is 13.8 Å². The molecule has 1 saturated carbocycles. The van der Waals surface area contributed by atoms with Gasteiger partial charge in [-0.1, -0.05) is 12.1 Å². The lowest BCUT2D eigenvalue weighted by Gasteiger charge is -2.13. The van der Waals surface area contributed by atoms with Crippen LogP contribution in [-0.2, 0) is 16.0 Å². The van der Waals surface area contributed by atoms with E-state index in [0.29, 0.717) is 23.4 Å². The highest BCUT2D eigenvalue weighted by Gasteiger charge is 2.29. The second kappa shape index (κ2) is 5.42. The van der Waals surface area contributed by atoms with E-state index in [9.17, 15) is 9.59 Å². The average molecular weight is 266 g/mol. The van der Waals surface area contributed by atoms with Crippen molar-refractivity contribution in [2.24, 2.45) is 0 Å². The van der Waals surface area contributed by atoms with Gasteiger partial charge in [-0.2, -0.15) is 0 Å². The largest absolute Gasteiger partial charge is 0.449 e. The van der Waals surface area contributed by atoms with Crippen molar-refractivity contribution in [3.8, 4) is 0 Å². The first-order valence-corrected chi connectivity index (χ1v) is 6.49. The van der Waals surface area contributed by atoms with Crippen molar-refractivity contribution < 1.29 is 18.8 Å². The van der Waals surface area contributed by atoms with E-state index < -0.39 is 12.1 Å². The third kappa shape index (κ3) is 3.13. The Morgan fingerprint density at radius 3 is 2.79 bits per heavy atom. The predicted octanol–water partition coefficient (Wildman–Crippen LogP) is 1.37. The number of nitrogens with zero attached hydrogens (tertiary/aromatic N) is 1. The van der Waals surface area contributed by atoms with E-state index >= 15 is 0 Å². The van der Waals surface area contributed by atoms with Crippen molar-refractivity contribution >= 4 is 11.9 Å². The molecule has 0 radical (unpaired) electrons. The van der Waals surface area contributed by atoms with Crippen LogP contribution >= 0.6 is 0 Å². The van der Waals surface area contributed by atoms with Gasteiger partial charge in [-0.3, -0.25) is 4.79 Å². The fraction of sp³-hybridized carbons (Fsp3) is 0.615. The normalized spacial score (nSPS) is 15.9. The van der Waals surface area contributed by atoms with Gasteiger partial charge < -0.3 is 14.6 Å². The van der Waals surface area contributed by atoms with Crippen molar-refractivity contribution in [2.75, 3.05) is 0 Å². The van der Waals surface area contributed by atoms with Crippen LogP contribution in [0.1, 0.15) is 48.5 Å². The summed E-state index contributed by atoms with van der Waals surface area (Å²) in [4.78, 5) is 23.7. The molecule has 1 heterocycles. The van der Waals surface area contributed by atoms with Gasteiger partial charge in [-0.15, -0.1) is 0 Å². The number of ether oxygens (including phenoxy) is 1. The summed E-state index contributed by atoms with van der Waals surface area (Å²) in [5, 5.41) is 6.58. The van der Waals surface area contributed by atoms with Crippen LogP contribution in [0.15, 0.2) is 4.52 Å². The van der Waals surface area contributed by atoms with Crippen LogP contribution in [0.4, 0.5) is 0 Å². The molecule has 1 amide bonds. The molecule has 1 fully saturated rings. The van der Waals surface area contributed by atoms with E-state index in [1.165, 1.54) is 0 Å². The Kier molecular flexibility index (Phi) is 3.87. The van der Waals surface area contributed by atoms with Crippen molar-refractivity contribution in [1.82, 2.24) is 10.5 Å². The van der Waals surface area contributed by atoms with Gasteiger partial charge in [0.15, 0.2) is 6.10 Å². The molecule has 1 aliphatic carbocycles. The predicted molar refractivity (Wildman–Crippen MR) is 66.7 cm³/mol. The molecular weight excluding hydrogens is 248 g/mol. The first kappa shape index (κ1) is 13.6. The number of hydrogen-bond acceptors (Lipinski definition) is 5. The summed E-state index contributed by atoms with van der Waals surface area (Å²) in [5.41, 5.74) is 0.880. The summed E-state index contributed by atoms with van der Waals surface area (Å²) in [5.74, 6) is -0.409. The Morgan fingerprint density at radius 1 is 1.53 bits per heavy atom. The maximum absolute atomic E-state index is 12.0. The van der Waals surface area contributed by atoms with Crippen molar-refractivity contribution in [2.45, 2.75) is 52.2 Å². The van der Waals surface area contributed by atoms with Crippen LogP contribution in [-0.4, -0.2) is 29.2 Å². The van der Waals surface area contributed by atoms with E-state index in [1.807, 2.05) is 6.92 Å². The van der Waals surface area contributed by atoms with E-state index in [2.05, 4.69) is 10.5 Å². The molecule has 1 aliphatic rings. The molecule has 2 rings (SSSR count). The monoisotopic (exact) mass is 266 g/mol. The second-order valence-corrected chi connectivity index (χ2v) is 4.74. The number of nitrogens with one attached hydrogen (secondary N) is 1. The van der Waals surface area contributed by atoms with E-state index in [0.717, 1.165) is 12.8 Å². The number of rotatable bonds is 5. The molecule has 104 valence electrons. The summed E-state index contributed by atoms with van der Waals surface area (Å²) >= 11 is 0. The molecular formula is C13H18N2O4. The number of esters is 1. The number of carbonyl (C=O) groups excluding carboxylic acids is 2. The van der Waals surface area contributed by atoms with Crippen LogP contribution in [0.3, 0.4) is 0 Å². The van der Waals surface area contributed by atoms with E-state index in [-0.39, 0.29) is 11.9 Å². The smallest absolute Gasteiger partial charge is 0.344 e. The minimum absolute atomic E-state index is 0.247. The highest BCUT2D eigenvalue weighted by Crippen LogP contribution is 2.19. The summed E-state index contributed by atoms with van der Waals surface area (Å²) in [6.07, 6.45) is 1.76. The highest BCUT2D eigenvalue weighted by molar-refractivity contribution is 5.94. The molecule has 0 aliphatic heterocycles. The van der Waals surface area contributed by atoms with Crippen LogP contribution in [0.5, 0.6) is 0 Å². The van der Waals surface area contributed by atoms with Gasteiger partial charge in [0.1, 0.15) is 11.3 Å². The first-order valence-electron chi connectivity index (χ1n) is 6.49. The topological polar surface area (TPSA) is 81.4 Å². The molecule has 1 N–H and O–H groups in total. The zero-order chi connectivity index (χ0) is 14.0. The van der Waals surface area contributed by atoms with Gasteiger partial charge in [0.2, 0.25) is 0 Å². The Labute approximate surface area is 111 Å². The average Bonchev–Trinajstić information content (AvgIpc) is 3.09. The fourth-order valence-corrected chi connectivity index (χ4v) is 1.74. The molecule has 6 heteroatoms. The zero-order valence-electron chi connectivity index (χ0n) is 11.4. The van der Waals surface area contributed by atoms with Crippen LogP contribution < -0.4 is 5.32 Å². The number of aromatic nitrogens is 1. The fourth-order valence-electron chi connectivity index (χ4n) is 1.74. The van der Waals surface area contributed by atoms with Gasteiger partial charge in [0.05, 0.1) is 5.69 Å². The third-order valence-corrected chi connectivity index (χ3v) is 3.05. The van der Waals surface area contributed by atoms with E-state index in [4.69, 9.17) is 9.26 Å². The molecule has 0 aromatic carbocycles. The number of aryl methyl sites for hydroxylation is 2. The molecule has 19 heavy (non-hydrogen) atoms. The first-order chi connectivity index (χ1) is 9.02. The van der Waals surface area contributed by atoms with Gasteiger partial charge in [0.25, 0.3) is 5.91 Å². The van der Waals surface area contributed by atoms with Crippen LogP contribution in [0.25, 0.3) is 0 Å². The van der Waals surface area contributed by atoms with Crippen LogP contribution in [0, 0.1) is 6.92 Å². The molecule has 1 aromatic heterocycles. The quantitative estimate of drug-likeness (QED) is 0.814. The van der Waals surface area contributed by atoms with Crippen molar-refractivity contribution in [3.63, 3.8) is 0 Å². The molecule has 6 nitrogen and oxygen atoms in total. The number of hydrogen-bond donors (Lipinski definition) is 1. The summed E-state index contributed by atoms with van der Waals surface area (Å²) in [7, 11) is 0. The number of carbonyl (C=O) groups is 2. The number of amides is 1. The van der Waals surface area contributed by atoms with Gasteiger partial charge >= 0.3 is 5.97 Å². The molecule has 0 saturated heterocycles. The summed E-state index contributed by atoms with van der Waals surface area (Å²) in [6, 6.07) is 0.247. The van der Waals surface area contributed by atoms with Gasteiger partial charge in [-0.25, -0.2) is 4.79 Å². The zero-order valence-corrected chi connectivity index (χ0v) is 11.4. The Hall–Kier alpha value is -1.85. The van der Waals surface area contributed by atoms with Crippen molar-refractivity contribution in [1.29, 1.82) is 0 Å². The molecule has 1 atom stereocenters. The Morgan fingerprint density at radius 2 is 2.21 bits per heavy atom. The maximum Gasteiger partial charge on any atom is 0.344 e. The minimum Gasteiger partial charge on any atom is -0.449 e. The molecule has 1 aromatic rings. The van der Waals surface area contributed by atoms with Crippen LogP contribution in [0.2, 0.25) is 0 Å². The lowest BCUT2D eigenvalue weighted by Crippen LogP contribution is -2.37. The molecule has 1 unspecified atom stereocenters. The highest BCUT2D eigenvalue weighted by atomic mass is 16.5. The SMILES string of the molecule is CCc1noc(C)c1C(=O)OC(C)C(=O)NC1CC1. The Balaban J connectivity index is 1.99. The van der Waals surface area contributed by atoms with Gasteiger partial charge in [0, 0.05) is 6.04 Å². The minimum atomic E-state index is -0.813.